The van der Waals surface area contributed by atoms with Crippen molar-refractivity contribution < 1.29 is 90.1 Å². The predicted molar refractivity (Wildman–Crippen MR) is 401 cm³/mol. The third kappa shape index (κ3) is 21.4. The summed E-state index contributed by atoms with van der Waals surface area (Å²) in [5.74, 6) is 1.52. The lowest BCUT2D eigenvalue weighted by atomic mass is 9.94. The fourth-order valence-electron chi connectivity index (χ4n) is 13.2. The molecular weight excluding hydrogens is 1370 g/mol. The van der Waals surface area contributed by atoms with Gasteiger partial charge >= 0.3 is 5.97 Å². The largest absolute Gasteiger partial charge is 0.497 e. The lowest BCUT2D eigenvalue weighted by Crippen LogP contribution is -2.68. The van der Waals surface area contributed by atoms with Crippen molar-refractivity contribution in [3.8, 4) is 23.0 Å². The van der Waals surface area contributed by atoms with Crippen LogP contribution in [-0.4, -0.2) is 133 Å². The van der Waals surface area contributed by atoms with Gasteiger partial charge in [0.25, 0.3) is 0 Å². The Balaban J connectivity index is 0.951. The predicted octanol–water partition coefficient (Wildman–Crippen LogP) is 14.6. The van der Waals surface area contributed by atoms with E-state index in [2.05, 4.69) is 0 Å². The second-order valence-electron chi connectivity index (χ2n) is 26.3. The van der Waals surface area contributed by atoms with Gasteiger partial charge in [-0.15, -0.1) is 0 Å². The van der Waals surface area contributed by atoms with Crippen LogP contribution in [0.25, 0.3) is 0 Å². The molecule has 19 nitrogen and oxygen atoms in total. The van der Waals surface area contributed by atoms with Gasteiger partial charge in [0.1, 0.15) is 103 Å². The molecule has 0 spiro atoms. The zero-order chi connectivity index (χ0) is 73.9. The first-order chi connectivity index (χ1) is 53.3. The SMILES string of the molecule is COC(=O)[C@H]1O[C@@H](OCc2ccccc2)[C@H](OCc2ccccc2)[C@@H](OCc2ccccc2)[C@H]1O[C@H]1O[C@H](COc2ccc(OC)cc2)[C@H](O[C@H]2O[C@H](COc3ccc(OC)cc3)[C@H](OCc3ccccc3)[C@H](OCc3ccccc3)[C@H]2OCc2ccccc2)[C@H](OCc2ccccc2)[C@H]1OCc1ccccc1. The Morgan fingerprint density at radius 1 is 0.259 bits per heavy atom. The molecule has 15 atom stereocenters. The highest BCUT2D eigenvalue weighted by Crippen LogP contribution is 2.41. The molecule has 0 aromatic heterocycles. The Morgan fingerprint density at radius 2 is 0.509 bits per heavy atom. The van der Waals surface area contributed by atoms with Crippen LogP contribution in [0.2, 0.25) is 0 Å². The van der Waals surface area contributed by atoms with Gasteiger partial charge in [0, 0.05) is 0 Å². The van der Waals surface area contributed by atoms with E-state index < -0.39 is 98.1 Å². The van der Waals surface area contributed by atoms with Gasteiger partial charge in [-0.05, 0) is 93.0 Å². The number of carbonyl (C=O) groups is 1. The number of ether oxygens (including phenoxy) is 18. The maximum Gasteiger partial charge on any atom is 0.337 e. The summed E-state index contributed by atoms with van der Waals surface area (Å²) < 4.78 is 125. The normalized spacial score (nSPS) is 24.1. The molecule has 3 aliphatic rings. The first-order valence-corrected chi connectivity index (χ1v) is 36.4. The second-order valence-corrected chi connectivity index (χ2v) is 26.3. The summed E-state index contributed by atoms with van der Waals surface area (Å²) in [6.07, 6.45) is -17.9. The lowest BCUT2D eigenvalue weighted by Gasteiger charge is -2.51. The number of hydrogen-bond donors (Lipinski definition) is 0. The number of carbonyl (C=O) groups excluding carboxylic acids is 1. The van der Waals surface area contributed by atoms with Gasteiger partial charge in [0.15, 0.2) is 25.0 Å². The summed E-state index contributed by atoms with van der Waals surface area (Å²) in [5, 5.41) is 0. The maximum atomic E-state index is 15.0. The third-order valence-electron chi connectivity index (χ3n) is 18.9. The van der Waals surface area contributed by atoms with E-state index in [0.717, 1.165) is 44.5 Å². The van der Waals surface area contributed by atoms with Gasteiger partial charge in [-0.25, -0.2) is 4.79 Å². The van der Waals surface area contributed by atoms with E-state index in [4.69, 9.17) is 85.3 Å². The van der Waals surface area contributed by atoms with Crippen molar-refractivity contribution >= 4 is 5.97 Å². The molecule has 10 aromatic carbocycles. The van der Waals surface area contributed by atoms with Gasteiger partial charge in [-0.1, -0.05) is 243 Å². The average Bonchev–Trinajstić information content (AvgIpc) is 0.760. The molecule has 0 bridgehead atoms. The summed E-state index contributed by atoms with van der Waals surface area (Å²) in [6.45, 7) is 0.430. The molecule has 0 radical (unpaired) electrons. The Bertz CT molecular complexity index is 4180. The minimum atomic E-state index is -1.54. The molecular formula is C89H92O19. The monoisotopic (exact) mass is 1460 g/mol. The Labute approximate surface area is 631 Å². The van der Waals surface area contributed by atoms with E-state index in [1.165, 1.54) is 7.11 Å². The zero-order valence-corrected chi connectivity index (χ0v) is 60.7. The van der Waals surface area contributed by atoms with Crippen molar-refractivity contribution in [2.45, 2.75) is 145 Å². The number of hydrogen-bond acceptors (Lipinski definition) is 19. The van der Waals surface area contributed by atoms with Crippen LogP contribution >= 0.6 is 0 Å². The first kappa shape index (κ1) is 76.5. The summed E-state index contributed by atoms with van der Waals surface area (Å²) >= 11 is 0. The van der Waals surface area contributed by atoms with E-state index in [1.807, 2.05) is 267 Å². The molecule has 108 heavy (non-hydrogen) atoms. The Kier molecular flexibility index (Phi) is 28.3. The minimum Gasteiger partial charge on any atom is -0.497 e. The number of rotatable bonds is 37. The van der Waals surface area contributed by atoms with E-state index >= 15 is 0 Å². The fourth-order valence-corrected chi connectivity index (χ4v) is 13.2. The molecule has 13 rings (SSSR count). The molecule has 0 aliphatic carbocycles. The molecule has 562 valence electrons. The Hall–Kier alpha value is -9.65. The molecule has 0 amide bonds. The third-order valence-corrected chi connectivity index (χ3v) is 18.9. The Morgan fingerprint density at radius 3 is 0.824 bits per heavy atom. The fraction of sp³-hybridized carbons (Fsp3) is 0.315. The molecule has 0 N–H and O–H groups in total. The first-order valence-electron chi connectivity index (χ1n) is 36.4. The molecule has 3 fully saturated rings. The number of benzene rings is 10. The molecule has 10 aromatic rings. The zero-order valence-electron chi connectivity index (χ0n) is 60.7. The standard InChI is InChI=1S/C89H92O19/c1-91-70-44-48-72(49-45-70)94-60-74-76(96-52-62-28-12-4-13-29-62)78(97-53-63-30-14-5-15-31-63)84(101-57-67-38-22-9-23-39-67)88(104-74)106-77-75(61-95-73-50-46-71(92-2)47-51-73)105-89(85(102-58-68-40-24-10-25-41-68)79(77)98-54-64-32-16-6-17-33-64)107-81-80(99-55-65-34-18-7-19-35-65)83(100-56-66-36-20-8-21-37-66)87(108-82(81)86(90)93-3)103-59-69-42-26-11-27-43-69/h4-51,74-85,87-89H,52-61H2,1-3H3/t74-,75-,76+,77+,78+,79+,80+,81-,82+,83-,84-,85-,87-,88-,89-/m1/s1. The molecule has 0 unspecified atom stereocenters. The molecule has 0 saturated carbocycles. The van der Waals surface area contributed by atoms with Crippen LogP contribution in [0.4, 0.5) is 0 Å². The van der Waals surface area contributed by atoms with Crippen LogP contribution in [-0.2, 0) is 124 Å². The summed E-state index contributed by atoms with van der Waals surface area (Å²) in [7, 11) is 4.51. The van der Waals surface area contributed by atoms with E-state index in [1.54, 1.807) is 38.5 Å². The van der Waals surface area contributed by atoms with Gasteiger partial charge < -0.3 is 85.3 Å². The van der Waals surface area contributed by atoms with Gasteiger partial charge in [-0.3, -0.25) is 0 Å². The summed E-state index contributed by atoms with van der Waals surface area (Å²) in [5.41, 5.74) is 6.88. The lowest BCUT2D eigenvalue weighted by molar-refractivity contribution is -0.391. The van der Waals surface area contributed by atoms with Crippen LogP contribution < -0.4 is 18.9 Å². The summed E-state index contributed by atoms with van der Waals surface area (Å²) in [6, 6.07) is 92.8. The van der Waals surface area contributed by atoms with Crippen molar-refractivity contribution in [2.75, 3.05) is 34.5 Å². The topological polar surface area (TPSA) is 183 Å². The maximum absolute atomic E-state index is 15.0. The molecule has 19 heteroatoms. The quantitative estimate of drug-likeness (QED) is 0.0335. The molecule has 3 heterocycles. The van der Waals surface area contributed by atoms with E-state index in [-0.39, 0.29) is 66.1 Å². The van der Waals surface area contributed by atoms with Crippen LogP contribution in [0, 0.1) is 0 Å². The van der Waals surface area contributed by atoms with Crippen molar-refractivity contribution in [3.05, 3.63) is 336 Å². The van der Waals surface area contributed by atoms with Crippen molar-refractivity contribution in [2.24, 2.45) is 0 Å². The van der Waals surface area contributed by atoms with Crippen LogP contribution in [0.15, 0.2) is 291 Å². The summed E-state index contributed by atoms with van der Waals surface area (Å²) in [4.78, 5) is 15.0. The molecule has 3 aliphatic heterocycles. The highest BCUT2D eigenvalue weighted by molar-refractivity contribution is 5.75. The van der Waals surface area contributed by atoms with E-state index in [9.17, 15) is 4.79 Å². The average molecular weight is 1470 g/mol. The highest BCUT2D eigenvalue weighted by atomic mass is 16.8. The van der Waals surface area contributed by atoms with Gasteiger partial charge in [-0.2, -0.15) is 0 Å². The van der Waals surface area contributed by atoms with Crippen LogP contribution in [0.1, 0.15) is 44.5 Å². The second kappa shape index (κ2) is 40.0. The van der Waals surface area contributed by atoms with Gasteiger partial charge in [0.2, 0.25) is 0 Å². The smallest absolute Gasteiger partial charge is 0.337 e. The van der Waals surface area contributed by atoms with Gasteiger partial charge in [0.05, 0.1) is 74.2 Å². The van der Waals surface area contributed by atoms with Crippen molar-refractivity contribution in [1.29, 1.82) is 0 Å². The van der Waals surface area contributed by atoms with Crippen LogP contribution in [0.3, 0.4) is 0 Å². The van der Waals surface area contributed by atoms with Crippen LogP contribution in [0.5, 0.6) is 23.0 Å². The number of esters is 1. The van der Waals surface area contributed by atoms with E-state index in [0.29, 0.717) is 23.0 Å². The minimum absolute atomic E-state index is 0.0107. The highest BCUT2D eigenvalue weighted by Gasteiger charge is 2.59. The van der Waals surface area contributed by atoms with Crippen molar-refractivity contribution in [3.63, 3.8) is 0 Å². The molecule has 3 saturated heterocycles. The van der Waals surface area contributed by atoms with Crippen molar-refractivity contribution in [1.82, 2.24) is 0 Å². The number of methoxy groups -OCH3 is 3.